The minimum Gasteiger partial charge on any atom is -0.471 e. The lowest BCUT2D eigenvalue weighted by atomic mass is 10.1. The van der Waals surface area contributed by atoms with E-state index in [-0.39, 0.29) is 16.9 Å². The number of anilines is 1. The minimum absolute atomic E-state index is 0.0911. The number of rotatable bonds is 6. The second kappa shape index (κ2) is 8.43. The molecule has 0 spiro atoms. The Balaban J connectivity index is 2.03. The molecule has 1 aliphatic rings. The summed E-state index contributed by atoms with van der Waals surface area (Å²) >= 11 is 0. The van der Waals surface area contributed by atoms with E-state index in [9.17, 15) is 24.5 Å². The summed E-state index contributed by atoms with van der Waals surface area (Å²) in [6.07, 6.45) is 0.0367. The predicted molar refractivity (Wildman–Crippen MR) is 105 cm³/mol. The molecule has 10 nitrogen and oxygen atoms in total. The summed E-state index contributed by atoms with van der Waals surface area (Å²) < 4.78 is 10.0. The van der Waals surface area contributed by atoms with Crippen molar-refractivity contribution in [3.05, 3.63) is 69.8 Å². The van der Waals surface area contributed by atoms with Crippen LogP contribution in [0, 0.1) is 10.1 Å². The lowest BCUT2D eigenvalue weighted by molar-refractivity contribution is -0.386. The predicted octanol–water partition coefficient (Wildman–Crippen LogP) is 2.00. The number of para-hydroxylation sites is 2. The first-order valence-corrected chi connectivity index (χ1v) is 8.77. The van der Waals surface area contributed by atoms with Crippen molar-refractivity contribution in [2.24, 2.45) is 0 Å². The van der Waals surface area contributed by atoms with Crippen LogP contribution in [0.3, 0.4) is 0 Å². The molecule has 0 unspecified atom stereocenters. The third kappa shape index (κ3) is 3.97. The van der Waals surface area contributed by atoms with Gasteiger partial charge in [0.1, 0.15) is 5.57 Å². The van der Waals surface area contributed by atoms with Crippen LogP contribution in [0.5, 0.6) is 5.75 Å². The second-order valence-corrected chi connectivity index (χ2v) is 6.21. The molecular weight excluding hydrogens is 394 g/mol. The molecule has 0 saturated carbocycles. The van der Waals surface area contributed by atoms with Gasteiger partial charge in [0.15, 0.2) is 6.10 Å². The zero-order valence-corrected chi connectivity index (χ0v) is 16.0. The Morgan fingerprint density at radius 1 is 1.17 bits per heavy atom. The molecule has 30 heavy (non-hydrogen) atoms. The number of nitrogens with zero attached hydrogens (tertiary/aromatic N) is 2. The fourth-order valence-corrected chi connectivity index (χ4v) is 2.79. The highest BCUT2D eigenvalue weighted by molar-refractivity contribution is 6.31. The number of hydrogen-bond acceptors (Lipinski definition) is 7. The van der Waals surface area contributed by atoms with Gasteiger partial charge >= 0.3 is 11.7 Å². The average Bonchev–Trinajstić information content (AvgIpc) is 3.02. The molecule has 2 aromatic rings. The van der Waals surface area contributed by atoms with Crippen LogP contribution >= 0.6 is 0 Å². The monoisotopic (exact) mass is 411 g/mol. The number of hydrazine groups is 1. The maximum atomic E-state index is 12.8. The van der Waals surface area contributed by atoms with Gasteiger partial charge in [0.2, 0.25) is 5.75 Å². The molecule has 1 fully saturated rings. The molecule has 0 bridgehead atoms. The van der Waals surface area contributed by atoms with Crippen molar-refractivity contribution in [1.29, 1.82) is 0 Å². The lowest BCUT2D eigenvalue weighted by Crippen LogP contribution is -2.35. The van der Waals surface area contributed by atoms with Crippen LogP contribution in [0.15, 0.2) is 54.1 Å². The van der Waals surface area contributed by atoms with Gasteiger partial charge < -0.3 is 9.47 Å². The van der Waals surface area contributed by atoms with Crippen LogP contribution in [0.2, 0.25) is 0 Å². The first kappa shape index (κ1) is 20.5. The Morgan fingerprint density at radius 2 is 1.87 bits per heavy atom. The van der Waals surface area contributed by atoms with Gasteiger partial charge in [0, 0.05) is 11.6 Å². The molecule has 154 valence electrons. The van der Waals surface area contributed by atoms with Crippen LogP contribution in [-0.2, 0) is 19.1 Å². The second-order valence-electron chi connectivity index (χ2n) is 6.21. The number of benzene rings is 2. The van der Waals surface area contributed by atoms with Crippen molar-refractivity contribution in [2.75, 3.05) is 12.1 Å². The minimum atomic E-state index is -1.15. The number of esters is 1. The fourth-order valence-electron chi connectivity index (χ4n) is 2.79. The van der Waals surface area contributed by atoms with E-state index in [2.05, 4.69) is 10.2 Å². The quantitative estimate of drug-likeness (QED) is 0.253. The van der Waals surface area contributed by atoms with Crippen LogP contribution in [0.1, 0.15) is 12.5 Å². The molecule has 0 aromatic heterocycles. The molecule has 1 atom stereocenters. The molecule has 10 heteroatoms. The number of amides is 2. The Bertz CT molecular complexity index is 1050. The van der Waals surface area contributed by atoms with Crippen LogP contribution in [0.25, 0.3) is 6.08 Å². The SMILES string of the molecule is COC(=O)[C@@H](C)Oc1c(/C=C2/C(=O)NN(c3ccccc3)C2=O)cccc1[N+](=O)[O-]. The van der Waals surface area contributed by atoms with Crippen LogP contribution in [0.4, 0.5) is 11.4 Å². The summed E-state index contributed by atoms with van der Waals surface area (Å²) in [5.74, 6) is -2.31. The molecule has 1 saturated heterocycles. The number of ether oxygens (including phenoxy) is 2. The van der Waals surface area contributed by atoms with Crippen molar-refractivity contribution in [2.45, 2.75) is 13.0 Å². The molecule has 2 aromatic carbocycles. The summed E-state index contributed by atoms with van der Waals surface area (Å²) in [4.78, 5) is 47.6. The van der Waals surface area contributed by atoms with Crippen molar-refractivity contribution >= 4 is 35.2 Å². The molecule has 2 amide bonds. The Morgan fingerprint density at radius 3 is 2.50 bits per heavy atom. The summed E-state index contributed by atoms with van der Waals surface area (Å²) in [5, 5.41) is 12.5. The Kier molecular flexibility index (Phi) is 5.77. The zero-order chi connectivity index (χ0) is 21.8. The van der Waals surface area contributed by atoms with E-state index in [0.29, 0.717) is 5.69 Å². The summed E-state index contributed by atoms with van der Waals surface area (Å²) in [6.45, 7) is 1.37. The summed E-state index contributed by atoms with van der Waals surface area (Å²) in [6, 6.07) is 12.5. The largest absolute Gasteiger partial charge is 0.471 e. The third-order valence-electron chi connectivity index (χ3n) is 4.25. The number of carbonyl (C=O) groups excluding carboxylic acids is 3. The van der Waals surface area contributed by atoms with E-state index in [0.717, 1.165) is 12.1 Å². The Labute approximate surface area is 170 Å². The zero-order valence-electron chi connectivity index (χ0n) is 16.0. The van der Waals surface area contributed by atoms with E-state index >= 15 is 0 Å². The number of hydrogen-bond donors (Lipinski definition) is 1. The highest BCUT2D eigenvalue weighted by atomic mass is 16.6. The topological polar surface area (TPSA) is 128 Å². The standard InChI is InChI=1S/C20H17N3O7/c1-12(20(26)29-2)30-17-13(7-6-10-16(17)23(27)28)11-15-18(24)21-22(19(15)25)14-8-4-3-5-9-14/h3-12H,1-2H3,(H,21,24)/b15-11-/t12-/m1/s1. The van der Waals surface area contributed by atoms with Gasteiger partial charge in [-0.15, -0.1) is 0 Å². The number of nitrogens with one attached hydrogen (secondary N) is 1. The van der Waals surface area contributed by atoms with Crippen molar-refractivity contribution < 1.29 is 28.8 Å². The lowest BCUT2D eigenvalue weighted by Gasteiger charge is -2.15. The number of nitro benzene ring substituents is 1. The smallest absolute Gasteiger partial charge is 0.346 e. The molecule has 0 aliphatic carbocycles. The summed E-state index contributed by atoms with van der Waals surface area (Å²) in [7, 11) is 1.16. The molecule has 0 radical (unpaired) electrons. The van der Waals surface area contributed by atoms with E-state index in [1.165, 1.54) is 31.2 Å². The number of carbonyl (C=O) groups is 3. The van der Waals surface area contributed by atoms with Gasteiger partial charge in [0.25, 0.3) is 11.8 Å². The summed E-state index contributed by atoms with van der Waals surface area (Å²) in [5.41, 5.74) is 2.32. The normalized spacial score (nSPS) is 15.7. The van der Waals surface area contributed by atoms with Gasteiger partial charge in [-0.05, 0) is 25.1 Å². The molecule has 1 heterocycles. The van der Waals surface area contributed by atoms with E-state index in [1.54, 1.807) is 30.3 Å². The van der Waals surface area contributed by atoms with Gasteiger partial charge in [-0.3, -0.25) is 25.1 Å². The number of nitro groups is 1. The molecule has 3 rings (SSSR count). The van der Waals surface area contributed by atoms with E-state index < -0.39 is 34.5 Å². The first-order valence-electron chi connectivity index (χ1n) is 8.77. The first-order chi connectivity index (χ1) is 14.3. The number of methoxy groups -OCH3 is 1. The highest BCUT2D eigenvalue weighted by Gasteiger charge is 2.35. The fraction of sp³-hybridized carbons (Fsp3) is 0.150. The van der Waals surface area contributed by atoms with Crippen LogP contribution in [-0.4, -0.2) is 35.9 Å². The molecule has 1 aliphatic heterocycles. The highest BCUT2D eigenvalue weighted by Crippen LogP contribution is 2.34. The van der Waals surface area contributed by atoms with E-state index in [4.69, 9.17) is 4.74 Å². The van der Waals surface area contributed by atoms with Crippen molar-refractivity contribution in [1.82, 2.24) is 5.43 Å². The average molecular weight is 411 g/mol. The van der Waals surface area contributed by atoms with Crippen LogP contribution < -0.4 is 15.2 Å². The van der Waals surface area contributed by atoms with E-state index in [1.807, 2.05) is 0 Å². The maximum absolute atomic E-state index is 12.8. The van der Waals surface area contributed by atoms with Crippen molar-refractivity contribution in [3.8, 4) is 5.75 Å². The van der Waals surface area contributed by atoms with Gasteiger partial charge in [-0.1, -0.05) is 30.3 Å². The third-order valence-corrected chi connectivity index (χ3v) is 4.25. The molecular formula is C20H17N3O7. The van der Waals surface area contributed by atoms with Gasteiger partial charge in [-0.2, -0.15) is 0 Å². The molecule has 1 N–H and O–H groups in total. The maximum Gasteiger partial charge on any atom is 0.346 e. The van der Waals surface area contributed by atoms with Gasteiger partial charge in [-0.25, -0.2) is 9.80 Å². The van der Waals surface area contributed by atoms with Crippen molar-refractivity contribution in [3.63, 3.8) is 0 Å². The Hall–Kier alpha value is -4.21. The van der Waals surface area contributed by atoms with Gasteiger partial charge in [0.05, 0.1) is 17.7 Å².